The van der Waals surface area contributed by atoms with E-state index in [-0.39, 0.29) is 10.8 Å². The number of anilines is 1. The van der Waals surface area contributed by atoms with Crippen LogP contribution in [-0.2, 0) is 0 Å². The standard InChI is InChI=1S/C10H6Cl2N3/c11-7-3-1-6(2-4-7)10-14-5-8(12)9(13)15-10/h1-4H,(H2,13,14,15). The van der Waals surface area contributed by atoms with Crippen LogP contribution in [0.2, 0.25) is 10.0 Å². The Bertz CT molecular complexity index is 483. The molecule has 0 amide bonds. The lowest BCUT2D eigenvalue weighted by Crippen LogP contribution is -1.96. The van der Waals surface area contributed by atoms with Crippen LogP contribution >= 0.6 is 23.2 Å². The van der Waals surface area contributed by atoms with Crippen LogP contribution in [0, 0.1) is 6.20 Å². The first kappa shape index (κ1) is 10.2. The summed E-state index contributed by atoms with van der Waals surface area (Å²) in [6, 6.07) is 7.12. The van der Waals surface area contributed by atoms with E-state index in [0.29, 0.717) is 10.8 Å². The molecule has 0 unspecified atom stereocenters. The quantitative estimate of drug-likeness (QED) is 0.832. The summed E-state index contributed by atoms with van der Waals surface area (Å²) >= 11 is 11.4. The van der Waals surface area contributed by atoms with E-state index < -0.39 is 0 Å². The molecular formula is C10H6Cl2N3. The average molecular weight is 239 g/mol. The minimum atomic E-state index is 0.219. The maximum absolute atomic E-state index is 5.76. The number of nitrogen functional groups attached to an aromatic ring is 1. The Morgan fingerprint density at radius 3 is 2.40 bits per heavy atom. The van der Waals surface area contributed by atoms with Crippen LogP contribution in [0.3, 0.4) is 0 Å². The van der Waals surface area contributed by atoms with Crippen molar-refractivity contribution in [2.75, 3.05) is 5.73 Å². The van der Waals surface area contributed by atoms with Gasteiger partial charge in [-0.1, -0.05) is 23.2 Å². The van der Waals surface area contributed by atoms with E-state index in [1.807, 2.05) is 0 Å². The highest BCUT2D eigenvalue weighted by Crippen LogP contribution is 2.21. The van der Waals surface area contributed by atoms with Crippen molar-refractivity contribution in [1.82, 2.24) is 9.97 Å². The predicted octanol–water partition coefficient (Wildman–Crippen LogP) is 2.83. The molecule has 2 aromatic rings. The van der Waals surface area contributed by atoms with Gasteiger partial charge >= 0.3 is 0 Å². The summed E-state index contributed by atoms with van der Waals surface area (Å²) in [6.45, 7) is 0. The molecule has 0 fully saturated rings. The number of rotatable bonds is 1. The first-order chi connectivity index (χ1) is 7.16. The average Bonchev–Trinajstić information content (AvgIpc) is 2.23. The molecule has 0 aliphatic rings. The van der Waals surface area contributed by atoms with Crippen molar-refractivity contribution >= 4 is 29.0 Å². The number of nitrogens with two attached hydrogens (primary N) is 1. The van der Waals surface area contributed by atoms with Gasteiger partial charge in [0.15, 0.2) is 5.82 Å². The molecule has 0 aliphatic heterocycles. The SMILES string of the molecule is Nc1nc(-c2ccc(Cl)cc2)n[c]c1Cl. The number of nitrogens with zero attached hydrogens (tertiary/aromatic N) is 2. The third-order valence-electron chi connectivity index (χ3n) is 1.81. The van der Waals surface area contributed by atoms with Gasteiger partial charge in [-0.3, -0.25) is 0 Å². The summed E-state index contributed by atoms with van der Waals surface area (Å²) < 4.78 is 0. The Morgan fingerprint density at radius 1 is 1.13 bits per heavy atom. The smallest absolute Gasteiger partial charge is 0.162 e. The highest BCUT2D eigenvalue weighted by atomic mass is 35.5. The lowest BCUT2D eigenvalue weighted by atomic mass is 10.2. The second-order valence-electron chi connectivity index (χ2n) is 2.87. The van der Waals surface area contributed by atoms with Crippen molar-refractivity contribution in [3.8, 4) is 11.4 Å². The van der Waals surface area contributed by atoms with Gasteiger partial charge in [-0.05, 0) is 24.3 Å². The molecule has 75 valence electrons. The molecule has 5 heteroatoms. The normalized spacial score (nSPS) is 10.3. The van der Waals surface area contributed by atoms with Crippen molar-refractivity contribution in [1.29, 1.82) is 0 Å². The van der Waals surface area contributed by atoms with Crippen LogP contribution in [0.15, 0.2) is 24.3 Å². The van der Waals surface area contributed by atoms with Gasteiger partial charge in [0.05, 0.1) is 0 Å². The first-order valence-electron chi connectivity index (χ1n) is 4.13. The largest absolute Gasteiger partial charge is 0.382 e. The molecule has 2 rings (SSSR count). The predicted molar refractivity (Wildman–Crippen MR) is 60.7 cm³/mol. The number of aromatic nitrogens is 2. The van der Waals surface area contributed by atoms with Gasteiger partial charge in [0.2, 0.25) is 0 Å². The van der Waals surface area contributed by atoms with Crippen molar-refractivity contribution in [2.24, 2.45) is 0 Å². The molecule has 2 N–H and O–H groups in total. The fraction of sp³-hybridized carbons (Fsp3) is 0. The molecule has 3 nitrogen and oxygen atoms in total. The zero-order chi connectivity index (χ0) is 10.8. The summed E-state index contributed by atoms with van der Waals surface area (Å²) in [6.07, 6.45) is 2.58. The molecule has 15 heavy (non-hydrogen) atoms. The molecule has 0 spiro atoms. The van der Waals surface area contributed by atoms with E-state index in [1.54, 1.807) is 24.3 Å². The van der Waals surface area contributed by atoms with Gasteiger partial charge in [0, 0.05) is 10.6 Å². The molecule has 1 heterocycles. The maximum atomic E-state index is 5.76. The number of halogens is 2. The number of benzene rings is 1. The summed E-state index contributed by atoms with van der Waals surface area (Å²) in [5.41, 5.74) is 6.37. The number of hydrogen-bond acceptors (Lipinski definition) is 3. The minimum absolute atomic E-state index is 0.219. The van der Waals surface area contributed by atoms with Gasteiger partial charge < -0.3 is 5.73 Å². The van der Waals surface area contributed by atoms with Gasteiger partial charge in [-0.15, -0.1) is 0 Å². The Labute approximate surface area is 96.9 Å². The highest BCUT2D eigenvalue weighted by Gasteiger charge is 2.04. The van der Waals surface area contributed by atoms with Crippen LogP contribution in [-0.4, -0.2) is 9.97 Å². The third-order valence-corrected chi connectivity index (χ3v) is 2.34. The van der Waals surface area contributed by atoms with E-state index in [0.717, 1.165) is 5.56 Å². The zero-order valence-corrected chi connectivity index (χ0v) is 9.05. The van der Waals surface area contributed by atoms with E-state index in [1.165, 1.54) is 0 Å². The molecule has 0 atom stereocenters. The van der Waals surface area contributed by atoms with Crippen molar-refractivity contribution in [2.45, 2.75) is 0 Å². The Balaban J connectivity index is 2.45. The fourth-order valence-electron chi connectivity index (χ4n) is 1.08. The van der Waals surface area contributed by atoms with Crippen LogP contribution in [0.1, 0.15) is 0 Å². The lowest BCUT2D eigenvalue weighted by Gasteiger charge is -2.01. The summed E-state index contributed by atoms with van der Waals surface area (Å²) in [4.78, 5) is 7.98. The molecule has 0 saturated carbocycles. The molecule has 1 radical (unpaired) electrons. The van der Waals surface area contributed by atoms with Crippen LogP contribution in [0.25, 0.3) is 11.4 Å². The van der Waals surface area contributed by atoms with Gasteiger partial charge in [-0.25, -0.2) is 9.97 Å². The minimum Gasteiger partial charge on any atom is -0.382 e. The van der Waals surface area contributed by atoms with Gasteiger partial charge in [-0.2, -0.15) is 0 Å². The van der Waals surface area contributed by atoms with E-state index in [2.05, 4.69) is 16.2 Å². The third kappa shape index (κ3) is 2.19. The number of hydrogen-bond donors (Lipinski definition) is 1. The maximum Gasteiger partial charge on any atom is 0.162 e. The van der Waals surface area contributed by atoms with Crippen LogP contribution in [0.4, 0.5) is 5.82 Å². The van der Waals surface area contributed by atoms with Crippen LogP contribution < -0.4 is 5.73 Å². The van der Waals surface area contributed by atoms with Gasteiger partial charge in [0.1, 0.15) is 17.0 Å². The van der Waals surface area contributed by atoms with E-state index in [4.69, 9.17) is 28.9 Å². The molecular weight excluding hydrogens is 233 g/mol. The second kappa shape index (κ2) is 4.04. The summed E-state index contributed by atoms with van der Waals surface area (Å²) in [5, 5.41) is 0.886. The zero-order valence-electron chi connectivity index (χ0n) is 7.54. The molecule has 0 saturated heterocycles. The van der Waals surface area contributed by atoms with Crippen molar-refractivity contribution < 1.29 is 0 Å². The summed E-state index contributed by atoms with van der Waals surface area (Å²) in [7, 11) is 0. The summed E-state index contributed by atoms with van der Waals surface area (Å²) in [5.74, 6) is 0.699. The highest BCUT2D eigenvalue weighted by molar-refractivity contribution is 6.32. The van der Waals surface area contributed by atoms with E-state index >= 15 is 0 Å². The monoisotopic (exact) mass is 238 g/mol. The Kier molecular flexibility index (Phi) is 2.75. The van der Waals surface area contributed by atoms with E-state index in [9.17, 15) is 0 Å². The van der Waals surface area contributed by atoms with Gasteiger partial charge in [0.25, 0.3) is 0 Å². The molecule has 1 aromatic heterocycles. The second-order valence-corrected chi connectivity index (χ2v) is 3.68. The molecule has 0 aliphatic carbocycles. The van der Waals surface area contributed by atoms with Crippen LogP contribution in [0.5, 0.6) is 0 Å². The lowest BCUT2D eigenvalue weighted by molar-refractivity contribution is 1.18. The topological polar surface area (TPSA) is 51.8 Å². The first-order valence-corrected chi connectivity index (χ1v) is 4.89. The Morgan fingerprint density at radius 2 is 1.80 bits per heavy atom. The molecule has 1 aromatic carbocycles. The Hall–Kier alpha value is -1.32. The fourth-order valence-corrected chi connectivity index (χ4v) is 1.29. The van der Waals surface area contributed by atoms with Crippen molar-refractivity contribution in [3.63, 3.8) is 0 Å². The molecule has 0 bridgehead atoms. The van der Waals surface area contributed by atoms with Crippen molar-refractivity contribution in [3.05, 3.63) is 40.5 Å².